The Hall–Kier alpha value is -2.40. The molecule has 2 rings (SSSR count). The average Bonchev–Trinajstić information content (AvgIpc) is 2.43. The Balaban J connectivity index is 2.29. The van der Waals surface area contributed by atoms with Crippen LogP contribution >= 0.6 is 11.6 Å². The number of anilines is 1. The van der Waals surface area contributed by atoms with E-state index in [1.54, 1.807) is 19.1 Å². The maximum absolute atomic E-state index is 13.6. The molecule has 4 nitrogen and oxygen atoms in total. The first kappa shape index (κ1) is 15.0. The minimum absolute atomic E-state index is 0.0689. The number of carbonyl (C=O) groups excluding carboxylic acids is 1. The van der Waals surface area contributed by atoms with E-state index in [1.807, 2.05) is 0 Å². The quantitative estimate of drug-likeness (QED) is 0.907. The first-order valence-corrected chi connectivity index (χ1v) is 6.36. The summed E-state index contributed by atoms with van der Waals surface area (Å²) in [5.74, 6) is -2.50. The molecule has 0 radical (unpaired) electrons. The predicted octanol–water partition coefficient (Wildman–Crippen LogP) is 3.74. The second-order valence-corrected chi connectivity index (χ2v) is 4.85. The molecule has 108 valence electrons. The Morgan fingerprint density at radius 3 is 2.52 bits per heavy atom. The number of aromatic carboxylic acids is 1. The van der Waals surface area contributed by atoms with E-state index in [1.165, 1.54) is 18.2 Å². The lowest BCUT2D eigenvalue weighted by Gasteiger charge is -2.08. The van der Waals surface area contributed by atoms with Crippen molar-refractivity contribution in [3.8, 4) is 0 Å². The third-order valence-corrected chi connectivity index (χ3v) is 3.13. The van der Waals surface area contributed by atoms with Crippen LogP contribution in [0.5, 0.6) is 0 Å². The van der Waals surface area contributed by atoms with E-state index in [2.05, 4.69) is 5.32 Å². The van der Waals surface area contributed by atoms with Crippen molar-refractivity contribution in [2.75, 3.05) is 5.32 Å². The molecule has 0 bridgehead atoms. The van der Waals surface area contributed by atoms with Gasteiger partial charge >= 0.3 is 5.97 Å². The van der Waals surface area contributed by atoms with Crippen molar-refractivity contribution in [1.82, 2.24) is 0 Å². The molecule has 0 heterocycles. The molecular formula is C15H11ClFNO3. The van der Waals surface area contributed by atoms with Gasteiger partial charge in [-0.15, -0.1) is 0 Å². The zero-order chi connectivity index (χ0) is 15.6. The van der Waals surface area contributed by atoms with Gasteiger partial charge in [0.1, 0.15) is 5.82 Å². The Kier molecular flexibility index (Phi) is 4.23. The van der Waals surface area contributed by atoms with Gasteiger partial charge in [0.25, 0.3) is 5.91 Å². The van der Waals surface area contributed by atoms with E-state index in [4.69, 9.17) is 16.7 Å². The van der Waals surface area contributed by atoms with E-state index < -0.39 is 17.7 Å². The highest BCUT2D eigenvalue weighted by atomic mass is 35.5. The number of halogens is 2. The predicted molar refractivity (Wildman–Crippen MR) is 77.5 cm³/mol. The molecule has 0 saturated heterocycles. The Bertz CT molecular complexity index is 731. The summed E-state index contributed by atoms with van der Waals surface area (Å²) in [6, 6.07) is 8.06. The smallest absolute Gasteiger partial charge is 0.336 e. The number of amides is 1. The highest BCUT2D eigenvalue weighted by molar-refractivity contribution is 6.31. The van der Waals surface area contributed by atoms with Crippen molar-refractivity contribution in [2.45, 2.75) is 6.92 Å². The van der Waals surface area contributed by atoms with Crippen LogP contribution in [0, 0.1) is 12.7 Å². The SMILES string of the molecule is Cc1ccc(NC(=O)c2cc(Cl)ccc2F)cc1C(=O)O. The van der Waals surface area contributed by atoms with Crippen LogP contribution in [0.2, 0.25) is 5.02 Å². The van der Waals surface area contributed by atoms with Gasteiger partial charge in [-0.2, -0.15) is 0 Å². The maximum Gasteiger partial charge on any atom is 0.336 e. The molecule has 0 aliphatic rings. The minimum Gasteiger partial charge on any atom is -0.478 e. The number of carboxylic acids is 1. The molecule has 0 saturated carbocycles. The first-order chi connectivity index (χ1) is 9.88. The molecule has 0 fully saturated rings. The summed E-state index contributed by atoms with van der Waals surface area (Å²) in [5.41, 5.74) is 0.691. The Labute approximate surface area is 125 Å². The summed E-state index contributed by atoms with van der Waals surface area (Å²) in [5, 5.41) is 11.7. The summed E-state index contributed by atoms with van der Waals surface area (Å²) in [6.45, 7) is 1.64. The molecule has 1 amide bonds. The zero-order valence-electron chi connectivity index (χ0n) is 11.0. The lowest BCUT2D eigenvalue weighted by Crippen LogP contribution is -2.14. The number of benzene rings is 2. The molecule has 21 heavy (non-hydrogen) atoms. The van der Waals surface area contributed by atoms with Crippen molar-refractivity contribution in [2.24, 2.45) is 0 Å². The van der Waals surface area contributed by atoms with Gasteiger partial charge in [0.2, 0.25) is 0 Å². The lowest BCUT2D eigenvalue weighted by molar-refractivity contribution is 0.0695. The van der Waals surface area contributed by atoms with Crippen LogP contribution in [0.25, 0.3) is 0 Å². The molecule has 6 heteroatoms. The molecule has 2 N–H and O–H groups in total. The fraction of sp³-hybridized carbons (Fsp3) is 0.0667. The van der Waals surface area contributed by atoms with Gasteiger partial charge in [0, 0.05) is 10.7 Å². The summed E-state index contributed by atoms with van der Waals surface area (Å²) in [4.78, 5) is 23.0. The van der Waals surface area contributed by atoms with Gasteiger partial charge < -0.3 is 10.4 Å². The number of aryl methyl sites for hydroxylation is 1. The van der Waals surface area contributed by atoms with Crippen molar-refractivity contribution < 1.29 is 19.1 Å². The highest BCUT2D eigenvalue weighted by Gasteiger charge is 2.14. The van der Waals surface area contributed by atoms with Crippen LogP contribution < -0.4 is 5.32 Å². The molecule has 0 unspecified atom stereocenters. The molecule has 0 aliphatic carbocycles. The number of carboxylic acid groups (broad SMARTS) is 1. The van der Waals surface area contributed by atoms with E-state index in [-0.39, 0.29) is 21.8 Å². The fourth-order valence-electron chi connectivity index (χ4n) is 1.80. The Morgan fingerprint density at radius 2 is 1.86 bits per heavy atom. The zero-order valence-corrected chi connectivity index (χ0v) is 11.7. The van der Waals surface area contributed by atoms with Gasteiger partial charge in [-0.25, -0.2) is 9.18 Å². The molecular weight excluding hydrogens is 297 g/mol. The first-order valence-electron chi connectivity index (χ1n) is 5.99. The standard InChI is InChI=1S/C15H11ClFNO3/c1-8-2-4-10(7-11(8)15(20)21)18-14(19)12-6-9(16)3-5-13(12)17/h2-7H,1H3,(H,18,19)(H,20,21). The summed E-state index contributed by atoms with van der Waals surface area (Å²) < 4.78 is 13.6. The lowest BCUT2D eigenvalue weighted by atomic mass is 10.1. The number of hydrogen-bond donors (Lipinski definition) is 2. The number of rotatable bonds is 3. The fourth-order valence-corrected chi connectivity index (χ4v) is 1.97. The van der Waals surface area contributed by atoms with Crippen molar-refractivity contribution in [3.63, 3.8) is 0 Å². The molecule has 0 aliphatic heterocycles. The van der Waals surface area contributed by atoms with Crippen LogP contribution in [0.4, 0.5) is 10.1 Å². The molecule has 0 aromatic heterocycles. The van der Waals surface area contributed by atoms with Crippen molar-refractivity contribution in [1.29, 1.82) is 0 Å². The Morgan fingerprint density at radius 1 is 1.14 bits per heavy atom. The number of hydrogen-bond acceptors (Lipinski definition) is 2. The molecule has 2 aromatic rings. The second kappa shape index (κ2) is 5.93. The molecule has 2 aromatic carbocycles. The molecule has 0 spiro atoms. The van der Waals surface area contributed by atoms with Crippen molar-refractivity contribution >= 4 is 29.2 Å². The van der Waals surface area contributed by atoms with Crippen LogP contribution in [-0.2, 0) is 0 Å². The van der Waals surface area contributed by atoms with E-state index in [0.717, 1.165) is 6.07 Å². The third-order valence-electron chi connectivity index (χ3n) is 2.90. The normalized spacial score (nSPS) is 10.2. The maximum atomic E-state index is 13.6. The van der Waals surface area contributed by atoms with Gasteiger partial charge in [-0.1, -0.05) is 17.7 Å². The van der Waals surface area contributed by atoms with Crippen LogP contribution in [-0.4, -0.2) is 17.0 Å². The largest absolute Gasteiger partial charge is 0.478 e. The number of carbonyl (C=O) groups is 2. The summed E-state index contributed by atoms with van der Waals surface area (Å²) in [7, 11) is 0. The minimum atomic E-state index is -1.10. The summed E-state index contributed by atoms with van der Waals surface area (Å²) >= 11 is 5.73. The van der Waals surface area contributed by atoms with Crippen molar-refractivity contribution in [3.05, 3.63) is 63.9 Å². The van der Waals surface area contributed by atoms with E-state index >= 15 is 0 Å². The van der Waals surface area contributed by atoms with E-state index in [9.17, 15) is 14.0 Å². The van der Waals surface area contributed by atoms with Gasteiger partial charge in [-0.05, 0) is 42.8 Å². The second-order valence-electron chi connectivity index (χ2n) is 4.41. The topological polar surface area (TPSA) is 66.4 Å². The third kappa shape index (κ3) is 3.38. The average molecular weight is 308 g/mol. The highest BCUT2D eigenvalue weighted by Crippen LogP contribution is 2.19. The van der Waals surface area contributed by atoms with Crippen LogP contribution in [0.3, 0.4) is 0 Å². The van der Waals surface area contributed by atoms with Crippen LogP contribution in [0.15, 0.2) is 36.4 Å². The van der Waals surface area contributed by atoms with Crippen LogP contribution in [0.1, 0.15) is 26.3 Å². The monoisotopic (exact) mass is 307 g/mol. The van der Waals surface area contributed by atoms with Gasteiger partial charge in [-0.3, -0.25) is 4.79 Å². The summed E-state index contributed by atoms with van der Waals surface area (Å²) in [6.07, 6.45) is 0. The molecule has 0 atom stereocenters. The van der Waals surface area contributed by atoms with Gasteiger partial charge in [0.15, 0.2) is 0 Å². The van der Waals surface area contributed by atoms with Gasteiger partial charge in [0.05, 0.1) is 11.1 Å². The van der Waals surface area contributed by atoms with E-state index in [0.29, 0.717) is 5.56 Å². The number of nitrogens with one attached hydrogen (secondary N) is 1.